The highest BCUT2D eigenvalue weighted by Crippen LogP contribution is 2.30. The fourth-order valence-electron chi connectivity index (χ4n) is 2.92. The molecule has 7 nitrogen and oxygen atoms in total. The molecular formula is C17H17BN4O3S. The summed E-state index contributed by atoms with van der Waals surface area (Å²) in [6, 6.07) is 5.66. The molecule has 0 spiro atoms. The largest absolute Gasteiger partial charge is 0.491 e. The van der Waals surface area contributed by atoms with Gasteiger partial charge >= 0.3 is 7.12 Å². The maximum absolute atomic E-state index is 9.71. The Morgan fingerprint density at radius 3 is 3.15 bits per heavy atom. The van der Waals surface area contributed by atoms with Gasteiger partial charge in [0.2, 0.25) is 0 Å². The molecular weight excluding hydrogens is 351 g/mol. The average Bonchev–Trinajstić information content (AvgIpc) is 3.22. The van der Waals surface area contributed by atoms with E-state index < -0.39 is 7.12 Å². The number of benzene rings is 1. The first-order valence-electron chi connectivity index (χ1n) is 8.21. The first-order chi connectivity index (χ1) is 12.7. The van der Waals surface area contributed by atoms with Crippen LogP contribution in [-0.2, 0) is 11.3 Å². The number of aryl methyl sites for hydroxylation is 1. The molecule has 9 heteroatoms. The molecule has 0 fully saturated rings. The molecule has 0 amide bonds. The van der Waals surface area contributed by atoms with Crippen LogP contribution in [0.25, 0.3) is 10.2 Å². The van der Waals surface area contributed by atoms with Crippen molar-refractivity contribution in [2.75, 3.05) is 18.2 Å². The van der Waals surface area contributed by atoms with Crippen molar-refractivity contribution in [2.45, 2.75) is 13.5 Å². The molecule has 1 aliphatic heterocycles. The number of nitrogens with zero attached hydrogens (tertiary/aromatic N) is 4. The fraction of sp³-hybridized carbons (Fsp3) is 0.235. The number of aromatic nitrogens is 2. The molecule has 0 bridgehead atoms. The molecule has 0 atom stereocenters. The van der Waals surface area contributed by atoms with Gasteiger partial charge < -0.3 is 14.8 Å². The second-order valence-corrected chi connectivity index (χ2v) is 6.89. The minimum Gasteiger partial charge on any atom is -0.423 e. The van der Waals surface area contributed by atoms with E-state index >= 15 is 0 Å². The summed E-state index contributed by atoms with van der Waals surface area (Å²) >= 11 is 1.57. The molecule has 3 aromatic rings. The molecule has 2 aromatic heterocycles. The topological polar surface area (TPSA) is 91.1 Å². The molecule has 1 aliphatic rings. The molecule has 0 unspecified atom stereocenters. The average molecular weight is 368 g/mol. The second kappa shape index (κ2) is 7.12. The predicted molar refractivity (Wildman–Crippen MR) is 103 cm³/mol. The minimum atomic E-state index is -0.849. The van der Waals surface area contributed by atoms with Gasteiger partial charge in [0.15, 0.2) is 5.82 Å². The van der Waals surface area contributed by atoms with Crippen LogP contribution in [-0.4, -0.2) is 46.6 Å². The number of fused-ring (bicyclic) bond motifs is 2. The molecule has 132 valence electrons. The van der Waals surface area contributed by atoms with Gasteiger partial charge in [-0.15, -0.1) is 11.3 Å². The van der Waals surface area contributed by atoms with Crippen molar-refractivity contribution >= 4 is 46.2 Å². The van der Waals surface area contributed by atoms with E-state index in [-0.39, 0.29) is 6.61 Å². The Kier molecular flexibility index (Phi) is 4.69. The number of aliphatic hydroxyl groups excluding tert-OH is 1. The van der Waals surface area contributed by atoms with Gasteiger partial charge in [-0.3, -0.25) is 0 Å². The van der Waals surface area contributed by atoms with Crippen LogP contribution in [0.5, 0.6) is 0 Å². The molecule has 1 aromatic carbocycles. The molecule has 0 saturated heterocycles. The molecule has 0 aliphatic carbocycles. The number of hydrogen-bond acceptors (Lipinski definition) is 8. The van der Waals surface area contributed by atoms with Crippen LogP contribution in [0.1, 0.15) is 16.7 Å². The number of aliphatic hydroxyl groups is 1. The highest BCUT2D eigenvalue weighted by atomic mass is 32.1. The molecule has 26 heavy (non-hydrogen) atoms. The van der Waals surface area contributed by atoms with Gasteiger partial charge in [-0.25, -0.2) is 15.0 Å². The van der Waals surface area contributed by atoms with Gasteiger partial charge in [-0.1, -0.05) is 12.1 Å². The first kappa shape index (κ1) is 17.1. The third-order valence-electron chi connectivity index (χ3n) is 4.24. The third kappa shape index (κ3) is 3.10. The van der Waals surface area contributed by atoms with Crippen molar-refractivity contribution in [3.63, 3.8) is 0 Å². The lowest BCUT2D eigenvalue weighted by Crippen LogP contribution is -2.27. The highest BCUT2D eigenvalue weighted by molar-refractivity contribution is 7.18. The summed E-state index contributed by atoms with van der Waals surface area (Å²) in [6.45, 7) is 2.68. The van der Waals surface area contributed by atoms with Crippen LogP contribution >= 0.6 is 11.3 Å². The van der Waals surface area contributed by atoms with E-state index in [1.807, 2.05) is 30.5 Å². The zero-order chi connectivity index (χ0) is 18.1. The summed E-state index contributed by atoms with van der Waals surface area (Å²) in [7, 11) is -0.849. The minimum absolute atomic E-state index is 0.0442. The van der Waals surface area contributed by atoms with E-state index in [2.05, 4.69) is 15.1 Å². The van der Waals surface area contributed by atoms with E-state index in [9.17, 15) is 10.1 Å². The number of thiophene rings is 1. The lowest BCUT2D eigenvalue weighted by atomic mass is 9.79. The van der Waals surface area contributed by atoms with Crippen molar-refractivity contribution in [1.82, 2.24) is 9.97 Å². The van der Waals surface area contributed by atoms with Crippen molar-refractivity contribution < 1.29 is 14.8 Å². The summed E-state index contributed by atoms with van der Waals surface area (Å²) < 4.78 is 6.16. The highest BCUT2D eigenvalue weighted by Gasteiger charge is 2.26. The van der Waals surface area contributed by atoms with Crippen LogP contribution in [0.4, 0.5) is 5.82 Å². The molecule has 0 saturated carbocycles. The normalized spacial score (nSPS) is 13.7. The maximum atomic E-state index is 9.71. The van der Waals surface area contributed by atoms with Crippen molar-refractivity contribution in [2.24, 2.45) is 5.10 Å². The van der Waals surface area contributed by atoms with Gasteiger partial charge in [0.25, 0.3) is 0 Å². The van der Waals surface area contributed by atoms with Crippen LogP contribution in [0, 0.1) is 6.92 Å². The summed E-state index contributed by atoms with van der Waals surface area (Å²) in [5, 5.41) is 27.4. The Bertz CT molecular complexity index is 978. The van der Waals surface area contributed by atoms with E-state index in [4.69, 9.17) is 4.65 Å². The Balaban J connectivity index is 1.66. The molecule has 0 radical (unpaired) electrons. The zero-order valence-electron chi connectivity index (χ0n) is 14.2. The Labute approximate surface area is 154 Å². The van der Waals surface area contributed by atoms with Crippen LogP contribution in [0.15, 0.2) is 35.0 Å². The van der Waals surface area contributed by atoms with Crippen LogP contribution in [0.3, 0.4) is 0 Å². The summed E-state index contributed by atoms with van der Waals surface area (Å²) in [5.41, 5.74) is 4.63. The first-order valence-corrected chi connectivity index (χ1v) is 9.09. The summed E-state index contributed by atoms with van der Waals surface area (Å²) in [5.74, 6) is 0.679. The molecule has 4 rings (SSSR count). The van der Waals surface area contributed by atoms with Crippen molar-refractivity contribution in [3.8, 4) is 0 Å². The van der Waals surface area contributed by atoms with E-state index in [1.165, 1.54) is 6.33 Å². The van der Waals surface area contributed by atoms with Gasteiger partial charge in [0, 0.05) is 0 Å². The second-order valence-electron chi connectivity index (χ2n) is 6.01. The number of hydrazone groups is 1. The Morgan fingerprint density at radius 2 is 2.31 bits per heavy atom. The number of rotatable bonds is 5. The summed E-state index contributed by atoms with van der Waals surface area (Å²) in [4.78, 5) is 8.70. The van der Waals surface area contributed by atoms with Crippen LogP contribution in [0.2, 0.25) is 0 Å². The quantitative estimate of drug-likeness (QED) is 0.398. The van der Waals surface area contributed by atoms with Crippen molar-refractivity contribution in [3.05, 3.63) is 46.6 Å². The number of anilines is 1. The lowest BCUT2D eigenvalue weighted by molar-refractivity contribution is 0.275. The van der Waals surface area contributed by atoms with E-state index in [0.29, 0.717) is 19.0 Å². The zero-order valence-corrected chi connectivity index (χ0v) is 15.0. The van der Waals surface area contributed by atoms with E-state index in [1.54, 1.807) is 22.6 Å². The van der Waals surface area contributed by atoms with Gasteiger partial charge in [-0.05, 0) is 40.5 Å². The third-order valence-corrected chi connectivity index (χ3v) is 5.33. The Morgan fingerprint density at radius 1 is 1.42 bits per heavy atom. The monoisotopic (exact) mass is 368 g/mol. The number of hydrogen-bond donors (Lipinski definition) is 2. The Hall–Kier alpha value is -2.33. The molecule has 2 N–H and O–H groups in total. The van der Waals surface area contributed by atoms with Crippen LogP contribution < -0.4 is 10.5 Å². The maximum Gasteiger partial charge on any atom is 0.491 e. The fourth-order valence-corrected chi connectivity index (χ4v) is 3.92. The molecule has 3 heterocycles. The SMILES string of the molecule is Cc1csc2c(N(CCO)/N=C/c3ccc4c(c3)COB4O)ncnc12. The standard InChI is InChI=1S/C17H17BN4O3S/c1-11-9-26-16-15(11)19-10-20-17(16)22(4-5-23)21-7-12-2-3-14-13(6-12)8-25-18(14)24/h2-3,6-7,9-10,23-24H,4-5,8H2,1H3/b21-7+. The predicted octanol–water partition coefficient (Wildman–Crippen LogP) is 1.05. The van der Waals surface area contributed by atoms with E-state index in [0.717, 1.165) is 32.4 Å². The summed E-state index contributed by atoms with van der Waals surface area (Å²) in [6.07, 6.45) is 3.24. The smallest absolute Gasteiger partial charge is 0.423 e. The lowest BCUT2D eigenvalue weighted by Gasteiger charge is -2.17. The van der Waals surface area contributed by atoms with Gasteiger partial charge in [0.05, 0.1) is 36.2 Å². The van der Waals surface area contributed by atoms with Crippen molar-refractivity contribution in [1.29, 1.82) is 0 Å². The van der Waals surface area contributed by atoms with Gasteiger partial charge in [-0.2, -0.15) is 5.10 Å². The van der Waals surface area contributed by atoms with Gasteiger partial charge in [0.1, 0.15) is 6.33 Å².